The molecule has 1 aromatic heterocycles. The third kappa shape index (κ3) is 2.46. The Bertz CT molecular complexity index is 524. The molecule has 0 spiro atoms. The summed E-state index contributed by atoms with van der Waals surface area (Å²) in [5.74, 6) is 0.773. The summed E-state index contributed by atoms with van der Waals surface area (Å²) in [7, 11) is 1.64. The van der Waals surface area contributed by atoms with Crippen molar-refractivity contribution in [3.63, 3.8) is 0 Å². The SMILES string of the molecule is COc1ccc(Cl)cc1C(N)c1sccc1C. The third-order valence-corrected chi connectivity index (χ3v) is 4.05. The van der Waals surface area contributed by atoms with E-state index in [1.165, 1.54) is 5.56 Å². The maximum absolute atomic E-state index is 6.28. The molecular formula is C13H14ClNOS. The normalized spacial score (nSPS) is 12.5. The van der Waals surface area contributed by atoms with E-state index in [4.69, 9.17) is 22.1 Å². The summed E-state index contributed by atoms with van der Waals surface area (Å²) in [6.45, 7) is 2.06. The van der Waals surface area contributed by atoms with E-state index < -0.39 is 0 Å². The Labute approximate surface area is 110 Å². The van der Waals surface area contributed by atoms with Crippen molar-refractivity contribution >= 4 is 22.9 Å². The molecule has 1 unspecified atom stereocenters. The summed E-state index contributed by atoms with van der Waals surface area (Å²) < 4.78 is 5.33. The minimum absolute atomic E-state index is 0.191. The molecule has 0 saturated heterocycles. The summed E-state index contributed by atoms with van der Waals surface area (Å²) in [5.41, 5.74) is 8.40. The molecule has 0 aliphatic rings. The number of nitrogens with two attached hydrogens (primary N) is 1. The van der Waals surface area contributed by atoms with Gasteiger partial charge in [0, 0.05) is 15.5 Å². The van der Waals surface area contributed by atoms with Gasteiger partial charge in [0.15, 0.2) is 0 Å². The van der Waals surface area contributed by atoms with Crippen LogP contribution in [0.1, 0.15) is 22.0 Å². The summed E-state index contributed by atoms with van der Waals surface area (Å²) >= 11 is 7.67. The van der Waals surface area contributed by atoms with Gasteiger partial charge in [-0.1, -0.05) is 11.6 Å². The Kier molecular flexibility index (Phi) is 3.72. The fraction of sp³-hybridized carbons (Fsp3) is 0.231. The van der Waals surface area contributed by atoms with E-state index in [-0.39, 0.29) is 6.04 Å². The summed E-state index contributed by atoms with van der Waals surface area (Å²) in [5, 5.41) is 2.71. The topological polar surface area (TPSA) is 35.2 Å². The molecule has 2 aromatic rings. The number of methoxy groups -OCH3 is 1. The van der Waals surface area contributed by atoms with Gasteiger partial charge in [0.1, 0.15) is 5.75 Å². The molecule has 0 fully saturated rings. The van der Waals surface area contributed by atoms with Crippen molar-refractivity contribution in [2.24, 2.45) is 5.73 Å². The van der Waals surface area contributed by atoms with Crippen molar-refractivity contribution in [3.05, 3.63) is 50.7 Å². The first-order chi connectivity index (χ1) is 8.13. The van der Waals surface area contributed by atoms with Gasteiger partial charge < -0.3 is 10.5 Å². The summed E-state index contributed by atoms with van der Waals surface area (Å²) in [6.07, 6.45) is 0. The average molecular weight is 268 g/mol. The van der Waals surface area contributed by atoms with Crippen LogP contribution in [-0.2, 0) is 0 Å². The number of hydrogen-bond donors (Lipinski definition) is 1. The molecule has 2 nitrogen and oxygen atoms in total. The molecule has 2 rings (SSSR count). The van der Waals surface area contributed by atoms with Crippen LogP contribution in [0.4, 0.5) is 0 Å². The van der Waals surface area contributed by atoms with Crippen LogP contribution in [0.3, 0.4) is 0 Å². The molecule has 0 aliphatic carbocycles. The fourth-order valence-corrected chi connectivity index (χ4v) is 2.92. The fourth-order valence-electron chi connectivity index (χ4n) is 1.79. The van der Waals surface area contributed by atoms with Crippen molar-refractivity contribution in [1.82, 2.24) is 0 Å². The van der Waals surface area contributed by atoms with Gasteiger partial charge in [0.05, 0.1) is 13.2 Å². The molecule has 90 valence electrons. The molecule has 1 heterocycles. The molecule has 0 aliphatic heterocycles. The molecule has 0 saturated carbocycles. The first-order valence-electron chi connectivity index (χ1n) is 5.26. The Morgan fingerprint density at radius 2 is 2.12 bits per heavy atom. The molecule has 1 atom stereocenters. The first kappa shape index (κ1) is 12.4. The van der Waals surface area contributed by atoms with E-state index in [9.17, 15) is 0 Å². The van der Waals surface area contributed by atoms with Crippen LogP contribution in [0.2, 0.25) is 5.02 Å². The van der Waals surface area contributed by atoms with Gasteiger partial charge in [-0.2, -0.15) is 0 Å². The zero-order valence-electron chi connectivity index (χ0n) is 9.74. The lowest BCUT2D eigenvalue weighted by atomic mass is 10.0. The van der Waals surface area contributed by atoms with E-state index in [0.29, 0.717) is 5.02 Å². The van der Waals surface area contributed by atoms with Gasteiger partial charge in [-0.05, 0) is 42.1 Å². The van der Waals surface area contributed by atoms with Crippen LogP contribution in [-0.4, -0.2) is 7.11 Å². The zero-order valence-corrected chi connectivity index (χ0v) is 11.3. The van der Waals surface area contributed by atoms with Crippen molar-refractivity contribution in [3.8, 4) is 5.75 Å². The smallest absolute Gasteiger partial charge is 0.124 e. The second kappa shape index (κ2) is 5.08. The highest BCUT2D eigenvalue weighted by molar-refractivity contribution is 7.10. The molecule has 0 bridgehead atoms. The Balaban J connectivity index is 2.46. The van der Waals surface area contributed by atoms with Gasteiger partial charge in [-0.25, -0.2) is 0 Å². The minimum Gasteiger partial charge on any atom is -0.496 e. The lowest BCUT2D eigenvalue weighted by Crippen LogP contribution is -2.12. The van der Waals surface area contributed by atoms with E-state index in [1.807, 2.05) is 17.5 Å². The highest BCUT2D eigenvalue weighted by Crippen LogP contribution is 2.34. The number of halogens is 1. The third-order valence-electron chi connectivity index (χ3n) is 2.71. The number of thiophene rings is 1. The van der Waals surface area contributed by atoms with E-state index in [2.05, 4.69) is 13.0 Å². The number of aryl methyl sites for hydroxylation is 1. The molecule has 0 amide bonds. The molecule has 0 radical (unpaired) electrons. The second-order valence-electron chi connectivity index (χ2n) is 3.83. The highest BCUT2D eigenvalue weighted by atomic mass is 35.5. The second-order valence-corrected chi connectivity index (χ2v) is 5.22. The molecule has 2 N–H and O–H groups in total. The molecule has 4 heteroatoms. The minimum atomic E-state index is -0.191. The molecular weight excluding hydrogens is 254 g/mol. The number of benzene rings is 1. The van der Waals surface area contributed by atoms with E-state index in [0.717, 1.165) is 16.2 Å². The maximum atomic E-state index is 6.28. The van der Waals surface area contributed by atoms with Gasteiger partial charge in [-0.15, -0.1) is 11.3 Å². The molecule has 17 heavy (non-hydrogen) atoms. The number of rotatable bonds is 3. The van der Waals surface area contributed by atoms with Crippen LogP contribution in [0.25, 0.3) is 0 Å². The van der Waals surface area contributed by atoms with Crippen LogP contribution >= 0.6 is 22.9 Å². The lowest BCUT2D eigenvalue weighted by molar-refractivity contribution is 0.408. The monoisotopic (exact) mass is 267 g/mol. The summed E-state index contributed by atoms with van der Waals surface area (Å²) in [4.78, 5) is 1.14. The van der Waals surface area contributed by atoms with E-state index in [1.54, 1.807) is 24.5 Å². The van der Waals surface area contributed by atoms with Crippen LogP contribution < -0.4 is 10.5 Å². The van der Waals surface area contributed by atoms with Crippen molar-refractivity contribution in [1.29, 1.82) is 0 Å². The number of hydrogen-bond acceptors (Lipinski definition) is 3. The van der Waals surface area contributed by atoms with Crippen LogP contribution in [0.5, 0.6) is 5.75 Å². The summed E-state index contributed by atoms with van der Waals surface area (Å²) in [6, 6.07) is 7.39. The van der Waals surface area contributed by atoms with Crippen molar-refractivity contribution in [2.45, 2.75) is 13.0 Å². The highest BCUT2D eigenvalue weighted by Gasteiger charge is 2.17. The Morgan fingerprint density at radius 3 is 2.71 bits per heavy atom. The van der Waals surface area contributed by atoms with Gasteiger partial charge in [0.2, 0.25) is 0 Å². The lowest BCUT2D eigenvalue weighted by Gasteiger charge is -2.15. The van der Waals surface area contributed by atoms with Gasteiger partial charge in [0.25, 0.3) is 0 Å². The predicted molar refractivity (Wildman–Crippen MR) is 73.1 cm³/mol. The maximum Gasteiger partial charge on any atom is 0.124 e. The quantitative estimate of drug-likeness (QED) is 0.919. The van der Waals surface area contributed by atoms with Gasteiger partial charge >= 0.3 is 0 Å². The molecule has 1 aromatic carbocycles. The number of ether oxygens (including phenoxy) is 1. The van der Waals surface area contributed by atoms with Crippen LogP contribution in [0, 0.1) is 6.92 Å². The van der Waals surface area contributed by atoms with Crippen LogP contribution in [0.15, 0.2) is 29.6 Å². The van der Waals surface area contributed by atoms with Gasteiger partial charge in [-0.3, -0.25) is 0 Å². The first-order valence-corrected chi connectivity index (χ1v) is 6.52. The predicted octanol–water partition coefficient (Wildman–Crippen LogP) is 3.77. The standard InChI is InChI=1S/C13H14ClNOS/c1-8-5-6-17-13(8)12(15)10-7-9(14)3-4-11(10)16-2/h3-7,12H,15H2,1-2H3. The van der Waals surface area contributed by atoms with E-state index >= 15 is 0 Å². The Hall–Kier alpha value is -1.03. The van der Waals surface area contributed by atoms with Crippen molar-refractivity contribution in [2.75, 3.05) is 7.11 Å². The largest absolute Gasteiger partial charge is 0.496 e. The average Bonchev–Trinajstić information content (AvgIpc) is 2.74. The zero-order chi connectivity index (χ0) is 12.4. The van der Waals surface area contributed by atoms with Crippen molar-refractivity contribution < 1.29 is 4.74 Å². The Morgan fingerprint density at radius 1 is 1.35 bits per heavy atom.